The van der Waals surface area contributed by atoms with Gasteiger partial charge < -0.3 is 9.84 Å². The van der Waals surface area contributed by atoms with Gasteiger partial charge in [-0.05, 0) is 18.6 Å². The molecule has 4 nitrogen and oxygen atoms in total. The third-order valence-corrected chi connectivity index (χ3v) is 2.61. The quantitative estimate of drug-likeness (QED) is 0.596. The molecule has 0 bridgehead atoms. The molecule has 18 heavy (non-hydrogen) atoms. The van der Waals surface area contributed by atoms with E-state index in [1.165, 1.54) is 12.1 Å². The van der Waals surface area contributed by atoms with Gasteiger partial charge >= 0.3 is 11.9 Å². The molecule has 1 N–H and O–H groups in total. The summed E-state index contributed by atoms with van der Waals surface area (Å²) in [5.41, 5.74) is 0.0940. The molecule has 0 saturated heterocycles. The summed E-state index contributed by atoms with van der Waals surface area (Å²) < 4.78 is 5.06. The maximum atomic E-state index is 11.7. The smallest absolute Gasteiger partial charge is 0.339 e. The first-order chi connectivity index (χ1) is 8.66. The Morgan fingerprint density at radius 1 is 1.11 bits per heavy atom. The predicted octanol–water partition coefficient (Wildman–Crippen LogP) is 3.12. The highest BCUT2D eigenvalue weighted by Crippen LogP contribution is 2.11. The maximum Gasteiger partial charge on any atom is 0.339 e. The number of ether oxygens (including phenoxy) is 1. The number of unbranched alkanes of at least 4 members (excludes halogenated alkanes) is 3. The topological polar surface area (TPSA) is 63.6 Å². The second kappa shape index (κ2) is 7.48. The van der Waals surface area contributed by atoms with E-state index in [2.05, 4.69) is 6.92 Å². The van der Waals surface area contributed by atoms with Gasteiger partial charge in [-0.1, -0.05) is 38.3 Å². The average molecular weight is 250 g/mol. The molecule has 1 aromatic rings. The number of carboxylic acids is 1. The Labute approximate surface area is 107 Å². The zero-order chi connectivity index (χ0) is 13.4. The Bertz CT molecular complexity index is 412. The van der Waals surface area contributed by atoms with Gasteiger partial charge in [0.25, 0.3) is 0 Å². The van der Waals surface area contributed by atoms with Crippen molar-refractivity contribution in [2.45, 2.75) is 32.6 Å². The molecule has 0 aliphatic carbocycles. The molecule has 0 heterocycles. The molecule has 0 radical (unpaired) electrons. The van der Waals surface area contributed by atoms with Gasteiger partial charge in [0.1, 0.15) is 0 Å². The van der Waals surface area contributed by atoms with Gasteiger partial charge in [-0.2, -0.15) is 0 Å². The highest BCUT2D eigenvalue weighted by Gasteiger charge is 2.16. The van der Waals surface area contributed by atoms with Crippen LogP contribution in [0.1, 0.15) is 53.3 Å². The van der Waals surface area contributed by atoms with Crippen LogP contribution in [0.2, 0.25) is 0 Å². The van der Waals surface area contributed by atoms with Gasteiger partial charge in [0, 0.05) is 0 Å². The van der Waals surface area contributed by atoms with Crippen molar-refractivity contribution < 1.29 is 19.4 Å². The number of benzene rings is 1. The minimum atomic E-state index is -1.12. The molecule has 0 aliphatic rings. The summed E-state index contributed by atoms with van der Waals surface area (Å²) in [6, 6.07) is 6.08. The summed E-state index contributed by atoms with van der Waals surface area (Å²) in [4.78, 5) is 22.7. The molecule has 0 saturated carbocycles. The number of hydrogen-bond donors (Lipinski definition) is 1. The lowest BCUT2D eigenvalue weighted by atomic mass is 10.1. The molecule has 0 amide bonds. The fraction of sp³-hybridized carbons (Fsp3) is 0.429. The molecular weight excluding hydrogens is 232 g/mol. The summed E-state index contributed by atoms with van der Waals surface area (Å²) in [5.74, 6) is -1.68. The van der Waals surface area contributed by atoms with Gasteiger partial charge in [-0.3, -0.25) is 0 Å². The summed E-state index contributed by atoms with van der Waals surface area (Å²) in [7, 11) is 0. The van der Waals surface area contributed by atoms with Crippen LogP contribution in [0.25, 0.3) is 0 Å². The lowest BCUT2D eigenvalue weighted by Gasteiger charge is -2.06. The normalized spacial score (nSPS) is 10.1. The molecule has 0 aromatic heterocycles. The fourth-order valence-electron chi connectivity index (χ4n) is 1.62. The summed E-state index contributed by atoms with van der Waals surface area (Å²) in [6.07, 6.45) is 4.07. The SMILES string of the molecule is CCCCCCOC(=O)c1ccccc1C(=O)O. The molecular formula is C14H18O4. The largest absolute Gasteiger partial charge is 0.478 e. The molecule has 0 fully saturated rings. The average Bonchev–Trinajstić information content (AvgIpc) is 2.38. The van der Waals surface area contributed by atoms with E-state index in [0.29, 0.717) is 6.61 Å². The van der Waals surface area contributed by atoms with Crippen LogP contribution in [0.15, 0.2) is 24.3 Å². The minimum Gasteiger partial charge on any atom is -0.478 e. The van der Waals surface area contributed by atoms with Gasteiger partial charge in [0.2, 0.25) is 0 Å². The molecule has 0 atom stereocenters. The van der Waals surface area contributed by atoms with E-state index in [9.17, 15) is 9.59 Å². The van der Waals surface area contributed by atoms with Gasteiger partial charge in [-0.15, -0.1) is 0 Å². The van der Waals surface area contributed by atoms with Gasteiger partial charge in [-0.25, -0.2) is 9.59 Å². The number of esters is 1. The van der Waals surface area contributed by atoms with Crippen LogP contribution in [0.5, 0.6) is 0 Å². The molecule has 98 valence electrons. The number of aromatic carboxylic acids is 1. The lowest BCUT2D eigenvalue weighted by Crippen LogP contribution is -2.12. The van der Waals surface area contributed by atoms with E-state index < -0.39 is 11.9 Å². The molecule has 1 aromatic carbocycles. The first-order valence-electron chi connectivity index (χ1n) is 6.16. The fourth-order valence-corrected chi connectivity index (χ4v) is 1.62. The number of carboxylic acid groups (broad SMARTS) is 1. The van der Waals surface area contributed by atoms with E-state index in [-0.39, 0.29) is 11.1 Å². The Hall–Kier alpha value is -1.84. The number of hydrogen-bond acceptors (Lipinski definition) is 3. The predicted molar refractivity (Wildman–Crippen MR) is 67.8 cm³/mol. The van der Waals surface area contributed by atoms with Crippen molar-refractivity contribution in [3.8, 4) is 0 Å². The van der Waals surface area contributed by atoms with Crippen molar-refractivity contribution in [2.24, 2.45) is 0 Å². The van der Waals surface area contributed by atoms with Crippen LogP contribution in [0, 0.1) is 0 Å². The van der Waals surface area contributed by atoms with Crippen LogP contribution in [-0.2, 0) is 4.74 Å². The maximum absolute atomic E-state index is 11.7. The number of carbonyl (C=O) groups excluding carboxylic acids is 1. The van der Waals surface area contributed by atoms with Crippen molar-refractivity contribution in [1.82, 2.24) is 0 Å². The van der Waals surface area contributed by atoms with Gasteiger partial charge in [0.15, 0.2) is 0 Å². The zero-order valence-corrected chi connectivity index (χ0v) is 10.5. The van der Waals surface area contributed by atoms with Crippen LogP contribution < -0.4 is 0 Å². The Morgan fingerprint density at radius 2 is 1.78 bits per heavy atom. The highest BCUT2D eigenvalue weighted by atomic mass is 16.5. The van der Waals surface area contributed by atoms with E-state index >= 15 is 0 Å². The van der Waals surface area contributed by atoms with E-state index in [1.807, 2.05) is 0 Å². The first kappa shape index (κ1) is 14.2. The molecule has 0 unspecified atom stereocenters. The standard InChI is InChI=1S/C14H18O4/c1-2-3-4-7-10-18-14(17)12-9-6-5-8-11(12)13(15)16/h5-6,8-9H,2-4,7,10H2,1H3,(H,15,16). The Morgan fingerprint density at radius 3 is 2.39 bits per heavy atom. The second-order valence-electron chi connectivity index (χ2n) is 4.05. The molecule has 4 heteroatoms. The lowest BCUT2D eigenvalue weighted by molar-refractivity contribution is 0.0487. The van der Waals surface area contributed by atoms with Crippen molar-refractivity contribution in [1.29, 1.82) is 0 Å². The monoisotopic (exact) mass is 250 g/mol. The number of rotatable bonds is 7. The summed E-state index contributed by atoms with van der Waals surface area (Å²) in [6.45, 7) is 2.45. The van der Waals surface area contributed by atoms with Crippen molar-refractivity contribution in [3.63, 3.8) is 0 Å². The van der Waals surface area contributed by atoms with E-state index in [4.69, 9.17) is 9.84 Å². The minimum absolute atomic E-state index is 0.0175. The van der Waals surface area contributed by atoms with E-state index in [1.54, 1.807) is 12.1 Å². The van der Waals surface area contributed by atoms with Crippen LogP contribution in [0.4, 0.5) is 0 Å². The zero-order valence-electron chi connectivity index (χ0n) is 10.5. The third kappa shape index (κ3) is 4.20. The highest BCUT2D eigenvalue weighted by molar-refractivity contribution is 6.02. The third-order valence-electron chi connectivity index (χ3n) is 2.61. The van der Waals surface area contributed by atoms with Crippen LogP contribution in [0.3, 0.4) is 0 Å². The number of carbonyl (C=O) groups is 2. The molecule has 0 aliphatic heterocycles. The van der Waals surface area contributed by atoms with E-state index in [0.717, 1.165) is 25.7 Å². The Balaban J connectivity index is 2.54. The first-order valence-corrected chi connectivity index (χ1v) is 6.16. The summed E-state index contributed by atoms with van der Waals surface area (Å²) >= 11 is 0. The Kier molecular flexibility index (Phi) is 5.91. The van der Waals surface area contributed by atoms with Crippen molar-refractivity contribution >= 4 is 11.9 Å². The summed E-state index contributed by atoms with van der Waals surface area (Å²) in [5, 5.41) is 8.95. The van der Waals surface area contributed by atoms with Crippen molar-refractivity contribution in [2.75, 3.05) is 6.61 Å². The van der Waals surface area contributed by atoms with Gasteiger partial charge in [0.05, 0.1) is 17.7 Å². The van der Waals surface area contributed by atoms with Crippen LogP contribution in [-0.4, -0.2) is 23.7 Å². The second-order valence-corrected chi connectivity index (χ2v) is 4.05. The van der Waals surface area contributed by atoms with Crippen molar-refractivity contribution in [3.05, 3.63) is 35.4 Å². The molecule has 0 spiro atoms. The van der Waals surface area contributed by atoms with Crippen LogP contribution >= 0.6 is 0 Å². The molecule has 1 rings (SSSR count).